The summed E-state index contributed by atoms with van der Waals surface area (Å²) >= 11 is 0. The van der Waals surface area contributed by atoms with Crippen LogP contribution in [0.4, 0.5) is 4.39 Å². The molecule has 0 spiro atoms. The van der Waals surface area contributed by atoms with Crippen LogP contribution < -0.4 is 5.32 Å². The van der Waals surface area contributed by atoms with Crippen molar-refractivity contribution >= 4 is 11.4 Å². The van der Waals surface area contributed by atoms with Gasteiger partial charge in [-0.05, 0) is 30.2 Å². The van der Waals surface area contributed by atoms with Crippen molar-refractivity contribution in [2.75, 3.05) is 13.6 Å². The third-order valence-corrected chi connectivity index (χ3v) is 4.45. The number of nitrogens with zero attached hydrogens (tertiary/aromatic N) is 1. The van der Waals surface area contributed by atoms with E-state index in [-0.39, 0.29) is 11.2 Å². The van der Waals surface area contributed by atoms with Crippen LogP contribution in [0.5, 0.6) is 0 Å². The molecule has 0 atom stereocenters. The molecule has 0 unspecified atom stereocenters. The van der Waals surface area contributed by atoms with Gasteiger partial charge in [-0.2, -0.15) is 0 Å². The van der Waals surface area contributed by atoms with Crippen molar-refractivity contribution in [1.29, 1.82) is 0 Å². The summed E-state index contributed by atoms with van der Waals surface area (Å²) in [5.74, 6) is 0.466. The number of nitrogens with one attached hydrogen (secondary N) is 1. The molecule has 136 valence electrons. The van der Waals surface area contributed by atoms with Crippen LogP contribution in [0, 0.1) is 12.7 Å². The fourth-order valence-electron chi connectivity index (χ4n) is 2.62. The van der Waals surface area contributed by atoms with Crippen molar-refractivity contribution in [3.8, 4) is 0 Å². The largest absolute Gasteiger partial charge is 0.370 e. The molecule has 2 aromatic carbocycles. The molecule has 26 heavy (non-hydrogen) atoms. The molecular formula is C23H27FN2. The maximum atomic E-state index is 13.8. The van der Waals surface area contributed by atoms with Crippen LogP contribution in [0.25, 0.3) is 5.57 Å². The van der Waals surface area contributed by atoms with Crippen molar-refractivity contribution < 1.29 is 4.39 Å². The van der Waals surface area contributed by atoms with E-state index in [0.717, 1.165) is 12.4 Å². The second-order valence-electron chi connectivity index (χ2n) is 7.05. The van der Waals surface area contributed by atoms with Gasteiger partial charge in [0.05, 0.1) is 0 Å². The van der Waals surface area contributed by atoms with Crippen LogP contribution in [0.3, 0.4) is 0 Å². The third kappa shape index (κ3) is 5.16. The Morgan fingerprint density at radius 3 is 2.38 bits per heavy atom. The van der Waals surface area contributed by atoms with Gasteiger partial charge in [0.2, 0.25) is 0 Å². The van der Waals surface area contributed by atoms with Crippen molar-refractivity contribution in [2.24, 2.45) is 4.99 Å². The lowest BCUT2D eigenvalue weighted by Crippen LogP contribution is -2.36. The molecule has 0 fully saturated rings. The Kier molecular flexibility index (Phi) is 6.51. The van der Waals surface area contributed by atoms with Gasteiger partial charge in [0.25, 0.3) is 0 Å². The molecule has 2 nitrogen and oxygen atoms in total. The van der Waals surface area contributed by atoms with E-state index in [1.807, 2.05) is 6.08 Å². The number of hydrogen-bond donors (Lipinski definition) is 1. The Hall–Kier alpha value is -2.68. The van der Waals surface area contributed by atoms with Crippen LogP contribution in [0.1, 0.15) is 30.5 Å². The Morgan fingerprint density at radius 2 is 1.77 bits per heavy atom. The molecule has 0 amide bonds. The van der Waals surface area contributed by atoms with E-state index in [9.17, 15) is 4.39 Å². The molecule has 2 aromatic rings. The summed E-state index contributed by atoms with van der Waals surface area (Å²) in [5, 5.41) is 3.37. The van der Waals surface area contributed by atoms with Crippen LogP contribution in [0.2, 0.25) is 0 Å². The summed E-state index contributed by atoms with van der Waals surface area (Å²) in [6.07, 6.45) is 3.62. The van der Waals surface area contributed by atoms with E-state index in [4.69, 9.17) is 0 Å². The van der Waals surface area contributed by atoms with Crippen molar-refractivity contribution in [3.05, 3.63) is 89.8 Å². The van der Waals surface area contributed by atoms with Crippen LogP contribution in [-0.2, 0) is 5.41 Å². The zero-order chi connectivity index (χ0) is 19.2. The first-order valence-electron chi connectivity index (χ1n) is 8.73. The monoisotopic (exact) mass is 350 g/mol. The van der Waals surface area contributed by atoms with E-state index < -0.39 is 0 Å². The average molecular weight is 350 g/mol. The SMILES string of the molecule is C=C(/C=C\C(=NC)NCC(C)(C)c1ccc(C)cc1)c1ccccc1F. The van der Waals surface area contributed by atoms with Crippen LogP contribution in [0.15, 0.2) is 72.3 Å². The number of halogens is 1. The van der Waals surface area contributed by atoms with Gasteiger partial charge in [-0.25, -0.2) is 4.39 Å². The molecule has 0 bridgehead atoms. The minimum absolute atomic E-state index is 0.0416. The van der Waals surface area contributed by atoms with E-state index in [0.29, 0.717) is 11.1 Å². The fraction of sp³-hybridized carbons (Fsp3) is 0.261. The molecular weight excluding hydrogens is 323 g/mol. The second kappa shape index (κ2) is 8.61. The highest BCUT2D eigenvalue weighted by Gasteiger charge is 2.20. The first kappa shape index (κ1) is 19.6. The third-order valence-electron chi connectivity index (χ3n) is 4.45. The van der Waals surface area contributed by atoms with Crippen LogP contribution in [-0.4, -0.2) is 19.4 Å². The molecule has 0 heterocycles. The van der Waals surface area contributed by atoms with Crippen molar-refractivity contribution in [2.45, 2.75) is 26.2 Å². The topological polar surface area (TPSA) is 24.4 Å². The predicted molar refractivity (Wildman–Crippen MR) is 110 cm³/mol. The first-order chi connectivity index (χ1) is 12.3. The van der Waals surface area contributed by atoms with E-state index >= 15 is 0 Å². The number of aryl methyl sites for hydroxylation is 1. The lowest BCUT2D eigenvalue weighted by molar-refractivity contribution is 0.513. The number of aliphatic imine (C=N–C) groups is 1. The smallest absolute Gasteiger partial charge is 0.131 e. The molecule has 0 saturated carbocycles. The highest BCUT2D eigenvalue weighted by molar-refractivity contribution is 5.95. The molecule has 3 heteroatoms. The molecule has 2 rings (SSSR count). The quantitative estimate of drug-likeness (QED) is 0.427. The molecule has 0 saturated heterocycles. The highest BCUT2D eigenvalue weighted by Crippen LogP contribution is 2.22. The predicted octanol–water partition coefficient (Wildman–Crippen LogP) is 5.30. The average Bonchev–Trinajstić information content (AvgIpc) is 2.62. The van der Waals surface area contributed by atoms with Gasteiger partial charge in [-0.1, -0.05) is 74.5 Å². The molecule has 1 N–H and O–H groups in total. The molecule has 0 aliphatic rings. The molecule has 0 aliphatic carbocycles. The Bertz CT molecular complexity index is 814. The standard InChI is InChI=1S/C23H27FN2/c1-17-10-13-19(14-11-17)23(3,4)16-26-22(25-5)15-12-18(2)20-8-6-7-9-21(20)24/h6-15H,2,16H2,1,3-5H3,(H,25,26)/b15-12-. The molecule has 0 aliphatic heterocycles. The van der Waals surface area contributed by atoms with Crippen molar-refractivity contribution in [3.63, 3.8) is 0 Å². The lowest BCUT2D eigenvalue weighted by Gasteiger charge is -2.26. The zero-order valence-corrected chi connectivity index (χ0v) is 16.0. The van der Waals surface area contributed by atoms with E-state index in [1.165, 1.54) is 17.2 Å². The summed E-state index contributed by atoms with van der Waals surface area (Å²) in [7, 11) is 1.73. The van der Waals surface area contributed by atoms with Gasteiger partial charge in [-0.15, -0.1) is 0 Å². The lowest BCUT2D eigenvalue weighted by atomic mass is 9.84. The van der Waals surface area contributed by atoms with E-state index in [1.54, 1.807) is 31.3 Å². The van der Waals surface area contributed by atoms with Gasteiger partial charge < -0.3 is 5.32 Å². The molecule has 0 aromatic heterocycles. The normalized spacial score (nSPS) is 12.4. The summed E-state index contributed by atoms with van der Waals surface area (Å²) in [6, 6.07) is 15.2. The Balaban J connectivity index is 2.02. The van der Waals surface area contributed by atoms with Gasteiger partial charge in [0.15, 0.2) is 0 Å². The summed E-state index contributed by atoms with van der Waals surface area (Å²) in [5.41, 5.74) is 3.59. The summed E-state index contributed by atoms with van der Waals surface area (Å²) < 4.78 is 13.8. The summed E-state index contributed by atoms with van der Waals surface area (Å²) in [6.45, 7) is 11.2. The first-order valence-corrected chi connectivity index (χ1v) is 8.73. The number of amidine groups is 1. The van der Waals surface area contributed by atoms with Crippen molar-refractivity contribution in [1.82, 2.24) is 5.32 Å². The summed E-state index contributed by atoms with van der Waals surface area (Å²) in [4.78, 5) is 4.27. The fourth-order valence-corrected chi connectivity index (χ4v) is 2.62. The van der Waals surface area contributed by atoms with Gasteiger partial charge in [0, 0.05) is 24.6 Å². The maximum Gasteiger partial charge on any atom is 0.131 e. The second-order valence-corrected chi connectivity index (χ2v) is 7.05. The maximum absolute atomic E-state index is 13.8. The minimum Gasteiger partial charge on any atom is -0.370 e. The number of rotatable bonds is 6. The zero-order valence-electron chi connectivity index (χ0n) is 16.0. The van der Waals surface area contributed by atoms with E-state index in [2.05, 4.69) is 61.9 Å². The number of hydrogen-bond acceptors (Lipinski definition) is 1. The Labute approximate surface area is 156 Å². The van der Waals surface area contributed by atoms with Gasteiger partial charge in [-0.3, -0.25) is 4.99 Å². The van der Waals surface area contributed by atoms with Crippen LogP contribution >= 0.6 is 0 Å². The molecule has 0 radical (unpaired) electrons. The highest BCUT2D eigenvalue weighted by atomic mass is 19.1. The van der Waals surface area contributed by atoms with Gasteiger partial charge in [0.1, 0.15) is 11.7 Å². The number of allylic oxidation sites excluding steroid dienone is 2. The Morgan fingerprint density at radius 1 is 1.12 bits per heavy atom. The minimum atomic E-state index is -0.273. The van der Waals surface area contributed by atoms with Gasteiger partial charge >= 0.3 is 0 Å². The number of benzene rings is 2.